The fourth-order valence-corrected chi connectivity index (χ4v) is 3.84. The summed E-state index contributed by atoms with van der Waals surface area (Å²) in [5.41, 5.74) is 0.792. The summed E-state index contributed by atoms with van der Waals surface area (Å²) in [6.07, 6.45) is -1.37. The summed E-state index contributed by atoms with van der Waals surface area (Å²) in [6.45, 7) is 2.90. The standard InChI is InChI=1S/C22H21F3N4O2/c1-14-5-4-6-16-20(14)26-13-29(21(16)31)12-19(30)27-17-11-15(22(23,24)25)7-8-18(17)28-9-2-3-10-28/h4-8,11,13H,2-3,9-10,12H2,1H3,(H,27,30). The number of amides is 1. The van der Waals surface area contributed by atoms with Crippen LogP contribution in [0.15, 0.2) is 47.5 Å². The summed E-state index contributed by atoms with van der Waals surface area (Å²) in [7, 11) is 0. The maximum absolute atomic E-state index is 13.2. The molecular formula is C22H21F3N4O2. The molecule has 3 aromatic rings. The molecule has 0 unspecified atom stereocenters. The van der Waals surface area contributed by atoms with Crippen molar-refractivity contribution in [2.24, 2.45) is 0 Å². The summed E-state index contributed by atoms with van der Waals surface area (Å²) in [5, 5.41) is 2.95. The number of rotatable bonds is 4. The van der Waals surface area contributed by atoms with Gasteiger partial charge in [-0.25, -0.2) is 4.98 Å². The van der Waals surface area contributed by atoms with Crippen molar-refractivity contribution in [2.75, 3.05) is 23.3 Å². The summed E-state index contributed by atoms with van der Waals surface area (Å²) in [5.74, 6) is -0.601. The molecule has 0 bridgehead atoms. The van der Waals surface area contributed by atoms with Crippen LogP contribution in [0.2, 0.25) is 0 Å². The fourth-order valence-electron chi connectivity index (χ4n) is 3.84. The highest BCUT2D eigenvalue weighted by Gasteiger charge is 2.32. The van der Waals surface area contributed by atoms with Gasteiger partial charge in [0.05, 0.1) is 34.2 Å². The number of aryl methyl sites for hydroxylation is 1. The second-order valence-corrected chi connectivity index (χ2v) is 7.62. The highest BCUT2D eigenvalue weighted by atomic mass is 19.4. The van der Waals surface area contributed by atoms with Gasteiger partial charge in [-0.05, 0) is 49.6 Å². The summed E-state index contributed by atoms with van der Waals surface area (Å²) in [6, 6.07) is 8.54. The van der Waals surface area contributed by atoms with Gasteiger partial charge >= 0.3 is 6.18 Å². The van der Waals surface area contributed by atoms with Crippen LogP contribution in [0.4, 0.5) is 24.5 Å². The molecule has 0 atom stereocenters. The molecule has 1 amide bonds. The molecule has 1 saturated heterocycles. The van der Waals surface area contributed by atoms with E-state index < -0.39 is 17.6 Å². The number of carbonyl (C=O) groups is 1. The predicted octanol–water partition coefficient (Wildman–Crippen LogP) is 3.96. The van der Waals surface area contributed by atoms with Gasteiger partial charge in [0.1, 0.15) is 6.54 Å². The number of anilines is 2. The van der Waals surface area contributed by atoms with Crippen molar-refractivity contribution in [2.45, 2.75) is 32.5 Å². The minimum Gasteiger partial charge on any atom is -0.370 e. The number of hydrogen-bond acceptors (Lipinski definition) is 4. The highest BCUT2D eigenvalue weighted by molar-refractivity contribution is 5.94. The third-order valence-electron chi connectivity index (χ3n) is 5.41. The van der Waals surface area contributed by atoms with Crippen LogP contribution < -0.4 is 15.8 Å². The van der Waals surface area contributed by atoms with Gasteiger partial charge in [-0.15, -0.1) is 0 Å². The van der Waals surface area contributed by atoms with E-state index in [0.29, 0.717) is 29.7 Å². The van der Waals surface area contributed by atoms with Gasteiger partial charge in [-0.1, -0.05) is 12.1 Å². The first-order valence-electron chi connectivity index (χ1n) is 9.95. The Bertz CT molecular complexity index is 1200. The molecule has 1 aromatic heterocycles. The van der Waals surface area contributed by atoms with E-state index in [1.807, 2.05) is 17.9 Å². The first-order chi connectivity index (χ1) is 14.7. The SMILES string of the molecule is Cc1cccc2c(=O)n(CC(=O)Nc3cc(C(F)(F)F)ccc3N3CCCC3)cnc12. The normalized spacial score (nSPS) is 14.3. The second kappa shape index (κ2) is 8.05. The van der Waals surface area contributed by atoms with Gasteiger partial charge in [-0.2, -0.15) is 13.2 Å². The molecule has 6 nitrogen and oxygen atoms in total. The minimum absolute atomic E-state index is 0.0827. The van der Waals surface area contributed by atoms with E-state index in [1.165, 1.54) is 12.4 Å². The molecular weight excluding hydrogens is 409 g/mol. The zero-order valence-corrected chi connectivity index (χ0v) is 16.9. The number of para-hydroxylation sites is 1. The Balaban J connectivity index is 1.63. The average Bonchev–Trinajstić information content (AvgIpc) is 3.24. The van der Waals surface area contributed by atoms with E-state index in [2.05, 4.69) is 10.3 Å². The van der Waals surface area contributed by atoms with Crippen molar-refractivity contribution in [3.05, 3.63) is 64.2 Å². The molecule has 4 rings (SSSR count). The van der Waals surface area contributed by atoms with Crippen molar-refractivity contribution in [1.29, 1.82) is 0 Å². The van der Waals surface area contributed by atoms with Gasteiger partial charge in [0, 0.05) is 13.1 Å². The van der Waals surface area contributed by atoms with Gasteiger partial charge < -0.3 is 10.2 Å². The van der Waals surface area contributed by atoms with Crippen LogP contribution in [-0.2, 0) is 17.5 Å². The van der Waals surface area contributed by atoms with Crippen molar-refractivity contribution < 1.29 is 18.0 Å². The average molecular weight is 430 g/mol. The topological polar surface area (TPSA) is 67.2 Å². The number of aromatic nitrogens is 2. The molecule has 0 aliphatic carbocycles. The number of benzene rings is 2. The van der Waals surface area contributed by atoms with E-state index in [4.69, 9.17) is 0 Å². The molecule has 1 fully saturated rings. The molecule has 0 spiro atoms. The van der Waals surface area contributed by atoms with Gasteiger partial charge in [0.15, 0.2) is 0 Å². The van der Waals surface area contributed by atoms with Crippen LogP contribution >= 0.6 is 0 Å². The number of fused-ring (bicyclic) bond motifs is 1. The second-order valence-electron chi connectivity index (χ2n) is 7.62. The van der Waals surface area contributed by atoms with Crippen molar-refractivity contribution >= 4 is 28.2 Å². The molecule has 0 radical (unpaired) electrons. The third-order valence-corrected chi connectivity index (χ3v) is 5.41. The lowest BCUT2D eigenvalue weighted by Crippen LogP contribution is -2.29. The number of carbonyl (C=O) groups excluding carboxylic acids is 1. The van der Waals surface area contributed by atoms with Crippen molar-refractivity contribution in [1.82, 2.24) is 9.55 Å². The molecule has 0 saturated carbocycles. The number of hydrogen-bond donors (Lipinski definition) is 1. The zero-order valence-electron chi connectivity index (χ0n) is 16.9. The van der Waals surface area contributed by atoms with Crippen molar-refractivity contribution in [3.63, 3.8) is 0 Å². The predicted molar refractivity (Wildman–Crippen MR) is 112 cm³/mol. The van der Waals surface area contributed by atoms with E-state index in [9.17, 15) is 22.8 Å². The fraction of sp³-hybridized carbons (Fsp3) is 0.318. The quantitative estimate of drug-likeness (QED) is 0.681. The monoisotopic (exact) mass is 430 g/mol. The summed E-state index contributed by atoms with van der Waals surface area (Å²) >= 11 is 0. The molecule has 2 heterocycles. The Kier molecular flexibility index (Phi) is 5.43. The Labute approximate surface area is 176 Å². The van der Waals surface area contributed by atoms with Gasteiger partial charge in [0.2, 0.25) is 5.91 Å². The molecule has 1 aliphatic rings. The molecule has 9 heteroatoms. The first kappa shape index (κ1) is 20.9. The van der Waals surface area contributed by atoms with Crippen LogP contribution in [0.3, 0.4) is 0 Å². The molecule has 31 heavy (non-hydrogen) atoms. The van der Waals surface area contributed by atoms with Gasteiger partial charge in [0.25, 0.3) is 5.56 Å². The third kappa shape index (κ3) is 4.26. The maximum atomic E-state index is 13.2. The van der Waals surface area contributed by atoms with Crippen LogP contribution in [-0.4, -0.2) is 28.5 Å². The lowest BCUT2D eigenvalue weighted by Gasteiger charge is -2.23. The zero-order chi connectivity index (χ0) is 22.2. The first-order valence-corrected chi connectivity index (χ1v) is 9.95. The summed E-state index contributed by atoms with van der Waals surface area (Å²) < 4.78 is 40.8. The molecule has 1 aliphatic heterocycles. The van der Waals surface area contributed by atoms with Crippen LogP contribution in [0.1, 0.15) is 24.0 Å². The largest absolute Gasteiger partial charge is 0.416 e. The minimum atomic E-state index is -4.53. The molecule has 2 aromatic carbocycles. The van der Waals surface area contributed by atoms with E-state index in [0.717, 1.165) is 35.1 Å². The van der Waals surface area contributed by atoms with E-state index in [-0.39, 0.29) is 17.8 Å². The summed E-state index contributed by atoms with van der Waals surface area (Å²) in [4.78, 5) is 31.6. The number of nitrogens with zero attached hydrogens (tertiary/aromatic N) is 3. The van der Waals surface area contributed by atoms with Crippen LogP contribution in [0, 0.1) is 6.92 Å². The Morgan fingerprint density at radius 1 is 1.16 bits per heavy atom. The number of alkyl halides is 3. The Hall–Kier alpha value is -3.36. The lowest BCUT2D eigenvalue weighted by molar-refractivity contribution is -0.137. The van der Waals surface area contributed by atoms with Crippen molar-refractivity contribution in [3.8, 4) is 0 Å². The van der Waals surface area contributed by atoms with Crippen LogP contribution in [0.5, 0.6) is 0 Å². The number of nitrogens with one attached hydrogen (secondary N) is 1. The highest BCUT2D eigenvalue weighted by Crippen LogP contribution is 2.36. The van der Waals surface area contributed by atoms with Gasteiger partial charge in [-0.3, -0.25) is 14.2 Å². The smallest absolute Gasteiger partial charge is 0.370 e. The maximum Gasteiger partial charge on any atom is 0.416 e. The lowest BCUT2D eigenvalue weighted by atomic mass is 10.1. The Morgan fingerprint density at radius 3 is 2.61 bits per heavy atom. The van der Waals surface area contributed by atoms with E-state index >= 15 is 0 Å². The molecule has 1 N–H and O–H groups in total. The molecule has 162 valence electrons. The number of halogens is 3. The van der Waals surface area contributed by atoms with Crippen LogP contribution in [0.25, 0.3) is 10.9 Å². The van der Waals surface area contributed by atoms with E-state index in [1.54, 1.807) is 12.1 Å². The Morgan fingerprint density at radius 2 is 1.90 bits per heavy atom.